The van der Waals surface area contributed by atoms with Gasteiger partial charge in [-0.1, -0.05) is 26.7 Å². The average Bonchev–Trinajstić information content (AvgIpc) is 2.81. The molecule has 1 saturated heterocycles. The number of rotatable bonds is 10. The lowest BCUT2D eigenvalue weighted by Gasteiger charge is -2.14. The van der Waals surface area contributed by atoms with E-state index in [-0.39, 0.29) is 6.29 Å². The molecule has 0 aromatic rings. The molecule has 0 saturated carbocycles. The predicted octanol–water partition coefficient (Wildman–Crippen LogP) is 3.76. The molecule has 0 amide bonds. The van der Waals surface area contributed by atoms with Crippen molar-refractivity contribution in [3.05, 3.63) is 0 Å². The van der Waals surface area contributed by atoms with Crippen molar-refractivity contribution in [1.82, 2.24) is 0 Å². The zero-order valence-electron chi connectivity index (χ0n) is 12.3. The van der Waals surface area contributed by atoms with E-state index in [1.165, 1.54) is 19.3 Å². The summed E-state index contributed by atoms with van der Waals surface area (Å²) < 4.78 is 16.6. The Kier molecular flexibility index (Phi) is 8.64. The van der Waals surface area contributed by atoms with E-state index in [0.717, 1.165) is 45.0 Å². The van der Waals surface area contributed by atoms with Crippen LogP contribution in [0.25, 0.3) is 0 Å². The van der Waals surface area contributed by atoms with Crippen LogP contribution in [0.4, 0.5) is 0 Å². The Morgan fingerprint density at radius 3 is 2.39 bits per heavy atom. The van der Waals surface area contributed by atoms with Gasteiger partial charge in [0.05, 0.1) is 19.3 Å². The topological polar surface area (TPSA) is 27.7 Å². The molecule has 0 aromatic heterocycles. The molecule has 0 N–H and O–H groups in total. The van der Waals surface area contributed by atoms with Gasteiger partial charge in [0.1, 0.15) is 0 Å². The molecule has 1 atom stereocenters. The maximum absolute atomic E-state index is 5.81. The highest BCUT2D eigenvalue weighted by Crippen LogP contribution is 2.13. The molecule has 18 heavy (non-hydrogen) atoms. The molecule has 1 aliphatic rings. The van der Waals surface area contributed by atoms with Crippen LogP contribution in [0.15, 0.2) is 0 Å². The zero-order valence-corrected chi connectivity index (χ0v) is 12.3. The van der Waals surface area contributed by atoms with Gasteiger partial charge in [-0.25, -0.2) is 0 Å². The number of ether oxygens (including phenoxy) is 3. The van der Waals surface area contributed by atoms with Gasteiger partial charge in [0.25, 0.3) is 0 Å². The second-order valence-electron chi connectivity index (χ2n) is 5.67. The molecule has 1 aliphatic heterocycles. The third kappa shape index (κ3) is 8.06. The Morgan fingerprint density at radius 1 is 1.00 bits per heavy atom. The molecule has 1 fully saturated rings. The summed E-state index contributed by atoms with van der Waals surface area (Å²) in [6, 6.07) is 0. The second-order valence-corrected chi connectivity index (χ2v) is 5.67. The first kappa shape index (κ1) is 15.9. The van der Waals surface area contributed by atoms with Crippen LogP contribution in [0.1, 0.15) is 59.3 Å². The van der Waals surface area contributed by atoms with Crippen molar-refractivity contribution < 1.29 is 14.2 Å². The van der Waals surface area contributed by atoms with Gasteiger partial charge >= 0.3 is 0 Å². The van der Waals surface area contributed by atoms with Crippen LogP contribution in [-0.2, 0) is 14.2 Å². The molecule has 3 heteroatoms. The molecule has 1 heterocycles. The smallest absolute Gasteiger partial charge is 0.157 e. The van der Waals surface area contributed by atoms with E-state index in [1.807, 2.05) is 0 Å². The lowest BCUT2D eigenvalue weighted by Crippen LogP contribution is -2.11. The molecular weight excluding hydrogens is 228 g/mol. The standard InChI is InChI=1S/C15H30O3/c1-13(2)7-6-8-14(3)16-10-5-4-9-15-17-11-12-18-15/h13-15H,4-12H2,1-3H3. The lowest BCUT2D eigenvalue weighted by molar-refractivity contribution is -0.0494. The summed E-state index contributed by atoms with van der Waals surface area (Å²) in [5.41, 5.74) is 0. The van der Waals surface area contributed by atoms with Gasteiger partial charge in [0.15, 0.2) is 6.29 Å². The van der Waals surface area contributed by atoms with Gasteiger partial charge in [-0.15, -0.1) is 0 Å². The SMILES string of the molecule is CC(C)CCCC(C)OCCCCC1OCCO1. The highest BCUT2D eigenvalue weighted by molar-refractivity contribution is 4.55. The number of hydrogen-bond acceptors (Lipinski definition) is 3. The van der Waals surface area contributed by atoms with E-state index in [1.54, 1.807) is 0 Å². The Morgan fingerprint density at radius 2 is 1.72 bits per heavy atom. The zero-order chi connectivity index (χ0) is 13.2. The van der Waals surface area contributed by atoms with Crippen molar-refractivity contribution in [3.8, 4) is 0 Å². The molecule has 1 unspecified atom stereocenters. The van der Waals surface area contributed by atoms with Crippen molar-refractivity contribution in [1.29, 1.82) is 0 Å². The van der Waals surface area contributed by atoms with E-state index in [9.17, 15) is 0 Å². The Bertz CT molecular complexity index is 188. The summed E-state index contributed by atoms with van der Waals surface area (Å²) in [7, 11) is 0. The molecular formula is C15H30O3. The van der Waals surface area contributed by atoms with Crippen molar-refractivity contribution in [2.75, 3.05) is 19.8 Å². The van der Waals surface area contributed by atoms with Gasteiger partial charge in [0, 0.05) is 6.61 Å². The van der Waals surface area contributed by atoms with Gasteiger partial charge < -0.3 is 14.2 Å². The van der Waals surface area contributed by atoms with Crippen molar-refractivity contribution >= 4 is 0 Å². The average molecular weight is 258 g/mol. The molecule has 0 radical (unpaired) electrons. The van der Waals surface area contributed by atoms with Crippen LogP contribution in [0, 0.1) is 5.92 Å². The predicted molar refractivity (Wildman–Crippen MR) is 73.6 cm³/mol. The fourth-order valence-electron chi connectivity index (χ4n) is 2.17. The lowest BCUT2D eigenvalue weighted by atomic mass is 10.0. The van der Waals surface area contributed by atoms with E-state index in [2.05, 4.69) is 20.8 Å². The largest absolute Gasteiger partial charge is 0.379 e. The molecule has 108 valence electrons. The van der Waals surface area contributed by atoms with Crippen molar-refractivity contribution in [3.63, 3.8) is 0 Å². The maximum Gasteiger partial charge on any atom is 0.157 e. The van der Waals surface area contributed by atoms with Crippen molar-refractivity contribution in [2.45, 2.75) is 71.7 Å². The summed E-state index contributed by atoms with van der Waals surface area (Å²) in [5, 5.41) is 0. The minimum absolute atomic E-state index is 0.0495. The number of hydrogen-bond donors (Lipinski definition) is 0. The van der Waals surface area contributed by atoms with E-state index in [4.69, 9.17) is 14.2 Å². The fourth-order valence-corrected chi connectivity index (χ4v) is 2.17. The highest BCUT2D eigenvalue weighted by Gasteiger charge is 2.14. The van der Waals surface area contributed by atoms with Crippen LogP contribution in [0.2, 0.25) is 0 Å². The molecule has 0 aliphatic carbocycles. The number of unbranched alkanes of at least 4 members (excludes halogenated alkanes) is 1. The van der Waals surface area contributed by atoms with E-state index in [0.29, 0.717) is 6.10 Å². The molecule has 0 bridgehead atoms. The third-order valence-electron chi connectivity index (χ3n) is 3.32. The molecule has 0 spiro atoms. The van der Waals surface area contributed by atoms with Crippen LogP contribution >= 0.6 is 0 Å². The highest BCUT2D eigenvalue weighted by atomic mass is 16.7. The Hall–Kier alpha value is -0.120. The summed E-state index contributed by atoms with van der Waals surface area (Å²) in [6.07, 6.45) is 7.47. The first-order valence-electron chi connectivity index (χ1n) is 7.53. The third-order valence-corrected chi connectivity index (χ3v) is 3.32. The van der Waals surface area contributed by atoms with Gasteiger partial charge in [0.2, 0.25) is 0 Å². The van der Waals surface area contributed by atoms with Crippen molar-refractivity contribution in [2.24, 2.45) is 5.92 Å². The monoisotopic (exact) mass is 258 g/mol. The van der Waals surface area contributed by atoms with Crippen LogP contribution in [0.5, 0.6) is 0 Å². The molecule has 3 nitrogen and oxygen atoms in total. The van der Waals surface area contributed by atoms with Gasteiger partial charge in [-0.05, 0) is 38.5 Å². The van der Waals surface area contributed by atoms with Gasteiger partial charge in [-0.3, -0.25) is 0 Å². The van der Waals surface area contributed by atoms with Gasteiger partial charge in [-0.2, -0.15) is 0 Å². The van der Waals surface area contributed by atoms with E-state index < -0.39 is 0 Å². The normalized spacial score (nSPS) is 18.7. The minimum Gasteiger partial charge on any atom is -0.379 e. The Balaban J connectivity index is 1.84. The minimum atomic E-state index is 0.0495. The summed E-state index contributed by atoms with van der Waals surface area (Å²) in [5.74, 6) is 0.809. The summed E-state index contributed by atoms with van der Waals surface area (Å²) in [6.45, 7) is 9.12. The van der Waals surface area contributed by atoms with E-state index >= 15 is 0 Å². The fraction of sp³-hybridized carbons (Fsp3) is 1.00. The quantitative estimate of drug-likeness (QED) is 0.558. The maximum atomic E-state index is 5.81. The molecule has 1 rings (SSSR count). The molecule has 0 aromatic carbocycles. The second kappa shape index (κ2) is 9.76. The van der Waals surface area contributed by atoms with Crippen LogP contribution in [0.3, 0.4) is 0 Å². The Labute approximate surface area is 112 Å². The summed E-state index contributed by atoms with van der Waals surface area (Å²) >= 11 is 0. The first-order valence-corrected chi connectivity index (χ1v) is 7.53. The van der Waals surface area contributed by atoms with Crippen LogP contribution in [-0.4, -0.2) is 32.2 Å². The first-order chi connectivity index (χ1) is 8.68. The summed E-state index contributed by atoms with van der Waals surface area (Å²) in [4.78, 5) is 0. The van der Waals surface area contributed by atoms with Crippen LogP contribution < -0.4 is 0 Å².